The van der Waals surface area contributed by atoms with Crippen LogP contribution in [0.4, 0.5) is 4.39 Å². The van der Waals surface area contributed by atoms with Crippen LogP contribution in [0.3, 0.4) is 0 Å². The van der Waals surface area contributed by atoms with Gasteiger partial charge in [0.1, 0.15) is 21.9 Å². The Morgan fingerprint density at radius 2 is 1.97 bits per heavy atom. The van der Waals surface area contributed by atoms with Gasteiger partial charge in [0.25, 0.3) is 5.90 Å². The quantitative estimate of drug-likeness (QED) is 0.715. The van der Waals surface area contributed by atoms with E-state index < -0.39 is 26.4 Å². The Hall–Kier alpha value is -2.17. The normalized spacial score (nSPS) is 27.0. The summed E-state index contributed by atoms with van der Waals surface area (Å²) in [5.41, 5.74) is 8.47. The molecule has 4 rings (SSSR count). The molecular weight excluding hydrogens is 451 g/mol. The number of hydrazone groups is 1. The molecule has 3 heterocycles. The summed E-state index contributed by atoms with van der Waals surface area (Å²) >= 11 is 7.71. The lowest BCUT2D eigenvalue weighted by atomic mass is 10.0. The molecule has 0 aliphatic carbocycles. The van der Waals surface area contributed by atoms with Crippen molar-refractivity contribution in [3.8, 4) is 0 Å². The van der Waals surface area contributed by atoms with Crippen LogP contribution in [-0.4, -0.2) is 30.7 Å². The summed E-state index contributed by atoms with van der Waals surface area (Å²) in [6, 6.07) is 7.55. The Labute approximate surface area is 182 Å². The number of amidine groups is 1. The Morgan fingerprint density at radius 1 is 1.30 bits per heavy atom. The van der Waals surface area contributed by atoms with Crippen LogP contribution in [-0.2, 0) is 20.1 Å². The molecule has 0 radical (unpaired) electrons. The Bertz CT molecular complexity index is 1170. The first-order valence-corrected chi connectivity index (χ1v) is 11.9. The fourth-order valence-electron chi connectivity index (χ4n) is 3.28. The van der Waals surface area contributed by atoms with Gasteiger partial charge < -0.3 is 10.5 Å². The number of ether oxygens (including phenoxy) is 1. The van der Waals surface area contributed by atoms with Crippen LogP contribution < -0.4 is 11.2 Å². The third-order valence-corrected chi connectivity index (χ3v) is 9.80. The SMILES string of the molecule is CC1(c2sc(C3=NNC(c4ccc(F)cc4)O3)cc2Cl)CS(=O)(=O)C(C)(C)C(N)=N1. The fraction of sp³-hybridized carbons (Fsp3) is 0.368. The molecule has 2 aliphatic rings. The van der Waals surface area contributed by atoms with E-state index in [1.807, 2.05) is 0 Å². The van der Waals surface area contributed by atoms with Gasteiger partial charge in [-0.15, -0.1) is 16.4 Å². The summed E-state index contributed by atoms with van der Waals surface area (Å²) in [4.78, 5) is 5.70. The molecule has 2 unspecified atom stereocenters. The van der Waals surface area contributed by atoms with Crippen molar-refractivity contribution >= 4 is 44.5 Å². The van der Waals surface area contributed by atoms with Gasteiger partial charge in [-0.3, -0.25) is 10.4 Å². The highest BCUT2D eigenvalue weighted by molar-refractivity contribution is 7.93. The first-order chi connectivity index (χ1) is 13.9. The van der Waals surface area contributed by atoms with E-state index in [2.05, 4.69) is 15.5 Å². The van der Waals surface area contributed by atoms with Gasteiger partial charge in [-0.1, -0.05) is 23.7 Å². The number of hydrogen-bond donors (Lipinski definition) is 2. The van der Waals surface area contributed by atoms with E-state index in [-0.39, 0.29) is 17.4 Å². The highest BCUT2D eigenvalue weighted by atomic mass is 35.5. The maximum atomic E-state index is 13.1. The number of sulfone groups is 1. The number of nitrogens with one attached hydrogen (secondary N) is 1. The summed E-state index contributed by atoms with van der Waals surface area (Å²) in [5.74, 6) is -0.194. The number of halogens is 2. The molecule has 7 nitrogen and oxygen atoms in total. The molecule has 160 valence electrons. The molecule has 0 saturated heterocycles. The van der Waals surface area contributed by atoms with Gasteiger partial charge in [-0.2, -0.15) is 0 Å². The molecule has 11 heteroatoms. The molecule has 2 aromatic rings. The average Bonchev–Trinajstić information content (AvgIpc) is 3.27. The summed E-state index contributed by atoms with van der Waals surface area (Å²) in [5, 5.41) is 4.56. The third-order valence-electron chi connectivity index (χ3n) is 5.30. The van der Waals surface area contributed by atoms with Crippen molar-refractivity contribution in [3.05, 3.63) is 56.5 Å². The van der Waals surface area contributed by atoms with E-state index in [1.165, 1.54) is 23.5 Å². The minimum atomic E-state index is -3.55. The molecule has 3 N–H and O–H groups in total. The zero-order valence-electron chi connectivity index (χ0n) is 16.4. The maximum Gasteiger partial charge on any atom is 0.250 e. The highest BCUT2D eigenvalue weighted by Gasteiger charge is 2.50. The molecule has 1 aromatic heterocycles. The monoisotopic (exact) mass is 470 g/mol. The molecule has 0 spiro atoms. The summed E-state index contributed by atoms with van der Waals surface area (Å²) in [6.45, 7) is 4.79. The van der Waals surface area contributed by atoms with Gasteiger partial charge in [0.2, 0.25) is 6.23 Å². The van der Waals surface area contributed by atoms with Gasteiger partial charge in [0.05, 0.1) is 20.5 Å². The molecular formula is C19H20ClFN4O3S2. The molecule has 2 atom stereocenters. The lowest BCUT2D eigenvalue weighted by molar-refractivity contribution is 0.192. The zero-order chi connectivity index (χ0) is 21.9. The largest absolute Gasteiger partial charge is 0.446 e. The number of benzene rings is 1. The number of aliphatic imine (C=N–C) groups is 1. The van der Waals surface area contributed by atoms with E-state index in [1.54, 1.807) is 39.0 Å². The van der Waals surface area contributed by atoms with Crippen LogP contribution in [0.2, 0.25) is 5.02 Å². The van der Waals surface area contributed by atoms with Crippen LogP contribution in [0.1, 0.15) is 42.3 Å². The Kier molecular flexibility index (Phi) is 4.87. The third kappa shape index (κ3) is 3.36. The first kappa shape index (κ1) is 21.1. The van der Waals surface area contributed by atoms with Crippen LogP contribution in [0.5, 0.6) is 0 Å². The van der Waals surface area contributed by atoms with Gasteiger partial charge in [-0.25, -0.2) is 12.8 Å². The number of thiophene rings is 1. The molecule has 0 saturated carbocycles. The zero-order valence-corrected chi connectivity index (χ0v) is 18.8. The number of nitrogens with zero attached hydrogens (tertiary/aromatic N) is 2. The van der Waals surface area contributed by atoms with E-state index in [0.29, 0.717) is 26.2 Å². The van der Waals surface area contributed by atoms with E-state index in [9.17, 15) is 12.8 Å². The Morgan fingerprint density at radius 3 is 2.60 bits per heavy atom. The van der Waals surface area contributed by atoms with Gasteiger partial charge in [0, 0.05) is 5.56 Å². The second kappa shape index (κ2) is 6.93. The minimum Gasteiger partial charge on any atom is -0.446 e. The second-order valence-electron chi connectivity index (χ2n) is 7.92. The molecule has 0 fully saturated rings. The van der Waals surface area contributed by atoms with Crippen molar-refractivity contribution < 1.29 is 17.5 Å². The van der Waals surface area contributed by atoms with Crippen LogP contribution in [0, 0.1) is 5.82 Å². The topological polar surface area (TPSA) is 106 Å². The predicted molar refractivity (Wildman–Crippen MR) is 116 cm³/mol. The Balaban J connectivity index is 1.63. The second-order valence-corrected chi connectivity index (χ2v) is 11.9. The number of hydrogen-bond acceptors (Lipinski definition) is 8. The summed E-state index contributed by atoms with van der Waals surface area (Å²) in [7, 11) is -3.55. The van der Waals surface area contributed by atoms with Crippen molar-refractivity contribution in [2.75, 3.05) is 5.75 Å². The highest BCUT2D eigenvalue weighted by Crippen LogP contribution is 2.44. The van der Waals surface area contributed by atoms with Gasteiger partial charge >= 0.3 is 0 Å². The summed E-state index contributed by atoms with van der Waals surface area (Å²) < 4.78 is 43.4. The average molecular weight is 471 g/mol. The van der Waals surface area contributed by atoms with Crippen molar-refractivity contribution in [1.29, 1.82) is 0 Å². The van der Waals surface area contributed by atoms with Crippen LogP contribution in [0.25, 0.3) is 0 Å². The standard InChI is InChI=1S/C19H20ClFN4O3S2/c1-18(2)17(22)23-19(3,9-30(18,26)27)14-12(20)8-13(29-14)16-25-24-15(28-16)10-4-6-11(21)7-5-10/h4-8,15,24H,9H2,1-3H3,(H2,22,23). The maximum absolute atomic E-state index is 13.1. The predicted octanol–water partition coefficient (Wildman–Crippen LogP) is 3.30. The van der Waals surface area contributed by atoms with Crippen LogP contribution in [0.15, 0.2) is 40.4 Å². The fourth-order valence-corrected chi connectivity index (χ4v) is 6.61. The minimum absolute atomic E-state index is 0.0507. The number of rotatable bonds is 3. The lowest BCUT2D eigenvalue weighted by Gasteiger charge is -2.37. The van der Waals surface area contributed by atoms with E-state index in [0.717, 1.165) is 0 Å². The molecule has 2 aliphatic heterocycles. The van der Waals surface area contributed by atoms with Crippen LogP contribution >= 0.6 is 22.9 Å². The van der Waals surface area contributed by atoms with Gasteiger partial charge in [0.15, 0.2) is 9.84 Å². The first-order valence-electron chi connectivity index (χ1n) is 9.06. The van der Waals surface area contributed by atoms with Crippen molar-refractivity contribution in [2.24, 2.45) is 15.8 Å². The molecule has 0 bridgehead atoms. The van der Waals surface area contributed by atoms with E-state index >= 15 is 0 Å². The smallest absolute Gasteiger partial charge is 0.250 e. The summed E-state index contributed by atoms with van der Waals surface area (Å²) in [6.07, 6.45) is -0.565. The molecule has 1 aromatic carbocycles. The van der Waals surface area contributed by atoms with E-state index in [4.69, 9.17) is 22.1 Å². The van der Waals surface area contributed by atoms with Crippen molar-refractivity contribution in [1.82, 2.24) is 5.43 Å². The lowest BCUT2D eigenvalue weighted by Crippen LogP contribution is -2.54. The van der Waals surface area contributed by atoms with Crippen molar-refractivity contribution in [3.63, 3.8) is 0 Å². The van der Waals surface area contributed by atoms with Crippen molar-refractivity contribution in [2.45, 2.75) is 37.3 Å². The van der Waals surface area contributed by atoms with Gasteiger partial charge in [-0.05, 0) is 39.0 Å². The molecule has 0 amide bonds. The number of nitrogens with two attached hydrogens (primary N) is 1. The molecule has 30 heavy (non-hydrogen) atoms.